The molecule has 0 atom stereocenters. The number of anilines is 2. The number of nitrogen functional groups attached to an aromatic ring is 1. The van der Waals surface area contributed by atoms with Gasteiger partial charge in [0.1, 0.15) is 0 Å². The molecule has 1 saturated heterocycles. The van der Waals surface area contributed by atoms with Gasteiger partial charge in [-0.1, -0.05) is 26.2 Å². The highest BCUT2D eigenvalue weighted by molar-refractivity contribution is 5.84. The van der Waals surface area contributed by atoms with Crippen LogP contribution < -0.4 is 21.1 Å². The zero-order chi connectivity index (χ0) is 19.1. The lowest BCUT2D eigenvalue weighted by molar-refractivity contribution is 0.333. The minimum absolute atomic E-state index is 0.394. The second-order valence-electron chi connectivity index (χ2n) is 7.32. The van der Waals surface area contributed by atoms with Crippen molar-refractivity contribution >= 4 is 22.9 Å². The zero-order valence-corrected chi connectivity index (χ0v) is 16.6. The average Bonchev–Trinajstić information content (AvgIpc) is 3.04. The van der Waals surface area contributed by atoms with E-state index in [1.54, 1.807) is 7.11 Å². The van der Waals surface area contributed by atoms with E-state index in [1.165, 1.54) is 25.7 Å². The number of fused-ring (bicyclic) bond motifs is 1. The topological polar surface area (TPSA) is 103 Å². The van der Waals surface area contributed by atoms with Gasteiger partial charge in [-0.2, -0.15) is 15.0 Å². The monoisotopic (exact) mass is 375 g/mol. The third kappa shape index (κ3) is 5.00. The van der Waals surface area contributed by atoms with Gasteiger partial charge in [-0.25, -0.2) is 0 Å². The summed E-state index contributed by atoms with van der Waals surface area (Å²) in [5.41, 5.74) is 7.49. The number of nitrogens with two attached hydrogens (primary N) is 1. The molecule has 0 amide bonds. The predicted molar refractivity (Wildman–Crippen MR) is 109 cm³/mol. The molecule has 0 aliphatic carbocycles. The molecule has 2 aromatic rings. The summed E-state index contributed by atoms with van der Waals surface area (Å²) in [7, 11) is 1.64. The highest BCUT2D eigenvalue weighted by Gasteiger charge is 2.18. The molecule has 8 nitrogen and oxygen atoms in total. The minimum Gasteiger partial charge on any atom is -0.468 e. The molecule has 0 radical (unpaired) electrons. The molecule has 0 saturated carbocycles. The first-order valence-electron chi connectivity index (χ1n) is 10.2. The van der Waals surface area contributed by atoms with Crippen molar-refractivity contribution in [3.05, 3.63) is 0 Å². The molecule has 0 spiro atoms. The number of nitrogens with one attached hydrogen (secondary N) is 2. The largest absolute Gasteiger partial charge is 0.468 e. The Kier molecular flexibility index (Phi) is 7.09. The number of nitrogens with zero attached hydrogens (tertiary/aromatic N) is 4. The van der Waals surface area contributed by atoms with Crippen molar-refractivity contribution in [2.45, 2.75) is 58.4 Å². The van der Waals surface area contributed by atoms with Crippen LogP contribution in [0.5, 0.6) is 6.01 Å². The van der Waals surface area contributed by atoms with Gasteiger partial charge in [0.15, 0.2) is 17.0 Å². The number of methoxy groups -OCH3 is 1. The molecule has 4 N–H and O–H groups in total. The summed E-state index contributed by atoms with van der Waals surface area (Å²) in [4.78, 5) is 13.5. The molecular formula is C19H33N7O. The van der Waals surface area contributed by atoms with Gasteiger partial charge in [0.05, 0.1) is 7.11 Å². The lowest BCUT2D eigenvalue weighted by Gasteiger charge is -2.22. The van der Waals surface area contributed by atoms with Gasteiger partial charge in [0.25, 0.3) is 6.01 Å². The predicted octanol–water partition coefficient (Wildman–Crippen LogP) is 2.80. The Morgan fingerprint density at radius 2 is 2.00 bits per heavy atom. The summed E-state index contributed by atoms with van der Waals surface area (Å²) >= 11 is 0. The first-order chi connectivity index (χ1) is 13.2. The lowest BCUT2D eigenvalue weighted by Crippen LogP contribution is -2.27. The molecule has 0 bridgehead atoms. The van der Waals surface area contributed by atoms with E-state index in [1.807, 2.05) is 4.57 Å². The van der Waals surface area contributed by atoms with Gasteiger partial charge in [-0.15, -0.1) is 0 Å². The van der Waals surface area contributed by atoms with Crippen LogP contribution in [0.15, 0.2) is 0 Å². The van der Waals surface area contributed by atoms with Crippen molar-refractivity contribution in [2.75, 3.05) is 37.8 Å². The Morgan fingerprint density at radius 3 is 2.74 bits per heavy atom. The van der Waals surface area contributed by atoms with Crippen LogP contribution in [-0.2, 0) is 6.54 Å². The molecule has 2 aromatic heterocycles. The fourth-order valence-electron chi connectivity index (χ4n) is 3.69. The van der Waals surface area contributed by atoms with E-state index in [9.17, 15) is 0 Å². The van der Waals surface area contributed by atoms with Gasteiger partial charge in [-0.3, -0.25) is 4.57 Å². The Balaban J connectivity index is 1.68. The third-order valence-corrected chi connectivity index (χ3v) is 5.29. The van der Waals surface area contributed by atoms with E-state index in [2.05, 4.69) is 32.5 Å². The number of unbranched alkanes of at least 4 members (excludes halogenated alkanes) is 2. The first kappa shape index (κ1) is 19.7. The smallest absolute Gasteiger partial charge is 0.298 e. The van der Waals surface area contributed by atoms with E-state index in [-0.39, 0.29) is 0 Å². The number of piperidine rings is 1. The van der Waals surface area contributed by atoms with Crippen LogP contribution in [-0.4, -0.2) is 46.3 Å². The number of aromatic nitrogens is 4. The number of imidazole rings is 1. The summed E-state index contributed by atoms with van der Waals surface area (Å²) in [6, 6.07) is 0.554. The Labute approximate surface area is 161 Å². The number of hydrogen-bond donors (Lipinski definition) is 3. The summed E-state index contributed by atoms with van der Waals surface area (Å²) in [6.45, 7) is 6.14. The van der Waals surface area contributed by atoms with Crippen molar-refractivity contribution in [1.29, 1.82) is 0 Å². The van der Waals surface area contributed by atoms with Crippen LogP contribution in [0.3, 0.4) is 0 Å². The Bertz CT molecular complexity index is 724. The van der Waals surface area contributed by atoms with Gasteiger partial charge < -0.3 is 21.1 Å². The average molecular weight is 376 g/mol. The van der Waals surface area contributed by atoms with E-state index in [4.69, 9.17) is 10.5 Å². The van der Waals surface area contributed by atoms with Gasteiger partial charge in [0, 0.05) is 13.1 Å². The fraction of sp³-hybridized carbons (Fsp3) is 0.737. The highest BCUT2D eigenvalue weighted by atomic mass is 16.5. The summed E-state index contributed by atoms with van der Waals surface area (Å²) in [5.74, 6) is 1.82. The van der Waals surface area contributed by atoms with E-state index in [0.717, 1.165) is 57.0 Å². The molecule has 0 unspecified atom stereocenters. The van der Waals surface area contributed by atoms with Crippen LogP contribution in [0.2, 0.25) is 0 Å². The first-order valence-corrected chi connectivity index (χ1v) is 10.2. The van der Waals surface area contributed by atoms with Crippen molar-refractivity contribution < 1.29 is 4.74 Å². The van der Waals surface area contributed by atoms with Crippen LogP contribution in [0.1, 0.15) is 51.9 Å². The normalized spacial score (nSPS) is 15.3. The van der Waals surface area contributed by atoms with Crippen molar-refractivity contribution in [1.82, 2.24) is 24.8 Å². The summed E-state index contributed by atoms with van der Waals surface area (Å²) in [6.07, 6.45) is 8.36. The fourth-order valence-corrected chi connectivity index (χ4v) is 3.69. The van der Waals surface area contributed by atoms with E-state index < -0.39 is 0 Å². The number of hydrogen-bond acceptors (Lipinski definition) is 7. The van der Waals surface area contributed by atoms with Gasteiger partial charge in [-0.05, 0) is 44.7 Å². The Hall–Kier alpha value is -2.09. The number of rotatable bonds is 10. The molecular weight excluding hydrogens is 342 g/mol. The standard InChI is InChI=1S/C19H33N7O/c1-3-4-10-22-18-24-16(20)15-17(25-18)26(19(23-15)27-2)13-6-5-7-14-8-11-21-12-9-14/h14,21H,3-13H2,1-2H3,(H3,20,22,24,25). The van der Waals surface area contributed by atoms with E-state index in [0.29, 0.717) is 23.3 Å². The van der Waals surface area contributed by atoms with Crippen molar-refractivity contribution in [3.8, 4) is 6.01 Å². The SMILES string of the molecule is CCCCNc1nc(N)c2nc(OC)n(CCCCC3CCNCC3)c2n1. The maximum Gasteiger partial charge on any atom is 0.298 e. The molecule has 1 fully saturated rings. The molecule has 8 heteroatoms. The number of ether oxygens (including phenoxy) is 1. The molecule has 3 heterocycles. The molecule has 150 valence electrons. The van der Waals surface area contributed by atoms with E-state index >= 15 is 0 Å². The number of aryl methyl sites for hydroxylation is 1. The molecule has 1 aliphatic rings. The van der Waals surface area contributed by atoms with Gasteiger partial charge >= 0.3 is 0 Å². The molecule has 0 aromatic carbocycles. The lowest BCUT2D eigenvalue weighted by atomic mass is 9.92. The van der Waals surface area contributed by atoms with Crippen LogP contribution >= 0.6 is 0 Å². The maximum atomic E-state index is 6.12. The molecule has 27 heavy (non-hydrogen) atoms. The molecule has 1 aliphatic heterocycles. The van der Waals surface area contributed by atoms with Crippen molar-refractivity contribution in [3.63, 3.8) is 0 Å². The second kappa shape index (κ2) is 9.73. The second-order valence-corrected chi connectivity index (χ2v) is 7.32. The third-order valence-electron chi connectivity index (χ3n) is 5.29. The van der Waals surface area contributed by atoms with Gasteiger partial charge in [0.2, 0.25) is 5.95 Å². The highest BCUT2D eigenvalue weighted by Crippen LogP contribution is 2.26. The summed E-state index contributed by atoms with van der Waals surface area (Å²) < 4.78 is 7.50. The molecule has 3 rings (SSSR count). The van der Waals surface area contributed by atoms with Crippen LogP contribution in [0, 0.1) is 5.92 Å². The maximum absolute atomic E-state index is 6.12. The summed E-state index contributed by atoms with van der Waals surface area (Å²) in [5, 5.41) is 6.68. The minimum atomic E-state index is 0.394. The van der Waals surface area contributed by atoms with Crippen LogP contribution in [0.25, 0.3) is 11.2 Å². The quantitative estimate of drug-likeness (QED) is 0.549. The Morgan fingerprint density at radius 1 is 1.19 bits per heavy atom. The van der Waals surface area contributed by atoms with Crippen molar-refractivity contribution in [2.24, 2.45) is 5.92 Å². The zero-order valence-electron chi connectivity index (χ0n) is 16.6. The van der Waals surface area contributed by atoms with Crippen LogP contribution in [0.4, 0.5) is 11.8 Å².